The molecule has 0 bridgehead atoms. The highest BCUT2D eigenvalue weighted by Gasteiger charge is 2.21. The smallest absolute Gasteiger partial charge is 0.136 e. The van der Waals surface area contributed by atoms with Gasteiger partial charge in [0.2, 0.25) is 0 Å². The highest BCUT2D eigenvalue weighted by Crippen LogP contribution is 2.34. The topological polar surface area (TPSA) is 62.8 Å². The van der Waals surface area contributed by atoms with Crippen molar-refractivity contribution >= 4 is 17.2 Å². The van der Waals surface area contributed by atoms with Crippen LogP contribution in [0.4, 0.5) is 8.78 Å². The van der Waals surface area contributed by atoms with Crippen LogP contribution < -0.4 is 5.73 Å². The van der Waals surface area contributed by atoms with E-state index in [-0.39, 0.29) is 22.3 Å². The van der Waals surface area contributed by atoms with E-state index in [4.69, 9.17) is 11.1 Å². The molecule has 3 nitrogen and oxygen atoms in total. The Hall–Kier alpha value is -1.82. The van der Waals surface area contributed by atoms with E-state index < -0.39 is 11.6 Å². The SMILES string of the molecule is CC(C)c1nc(-c2c(F)cccc2F)sc1C(=N)N. The van der Waals surface area contributed by atoms with Gasteiger partial charge in [-0.25, -0.2) is 13.8 Å². The van der Waals surface area contributed by atoms with Crippen LogP contribution in [0.1, 0.15) is 30.3 Å². The largest absolute Gasteiger partial charge is 0.383 e. The summed E-state index contributed by atoms with van der Waals surface area (Å²) in [5, 5.41) is 7.73. The molecule has 0 aliphatic heterocycles. The second-order valence-corrected chi connectivity index (χ2v) is 5.40. The van der Waals surface area contributed by atoms with Crippen LogP contribution in [0.5, 0.6) is 0 Å². The number of nitrogens with zero attached hydrogens (tertiary/aromatic N) is 1. The fraction of sp³-hybridized carbons (Fsp3) is 0.231. The molecule has 0 saturated heterocycles. The summed E-state index contributed by atoms with van der Waals surface area (Å²) in [5.74, 6) is -1.44. The van der Waals surface area contributed by atoms with Gasteiger partial charge in [0.1, 0.15) is 22.5 Å². The van der Waals surface area contributed by atoms with Crippen LogP contribution in [0.3, 0.4) is 0 Å². The number of nitrogens with one attached hydrogen (secondary N) is 1. The van der Waals surface area contributed by atoms with Gasteiger partial charge in [-0.15, -0.1) is 11.3 Å². The minimum absolute atomic E-state index is 0.0266. The van der Waals surface area contributed by atoms with Gasteiger partial charge in [-0.05, 0) is 18.1 Å². The summed E-state index contributed by atoms with van der Waals surface area (Å²) in [6.45, 7) is 3.78. The molecule has 0 spiro atoms. The van der Waals surface area contributed by atoms with Gasteiger partial charge in [0.25, 0.3) is 0 Å². The quantitative estimate of drug-likeness (QED) is 0.668. The molecule has 2 rings (SSSR count). The third kappa shape index (κ3) is 2.49. The first-order valence-electron chi connectivity index (χ1n) is 5.71. The van der Waals surface area contributed by atoms with Crippen LogP contribution in [0.25, 0.3) is 10.6 Å². The standard InChI is InChI=1S/C13H13F2N3S/c1-6(2)10-11(12(16)17)19-13(18-10)9-7(14)4-3-5-8(9)15/h3-6H,1-2H3,(H3,16,17). The van der Waals surface area contributed by atoms with Gasteiger partial charge in [0.05, 0.1) is 16.1 Å². The molecule has 0 saturated carbocycles. The molecule has 0 amide bonds. The molecule has 0 unspecified atom stereocenters. The van der Waals surface area contributed by atoms with Crippen molar-refractivity contribution in [1.82, 2.24) is 4.98 Å². The Morgan fingerprint density at radius 2 is 1.89 bits per heavy atom. The molecule has 1 aromatic carbocycles. The maximum atomic E-state index is 13.7. The lowest BCUT2D eigenvalue weighted by atomic mass is 10.1. The molecule has 1 aromatic heterocycles. The van der Waals surface area contributed by atoms with Gasteiger partial charge in [-0.1, -0.05) is 19.9 Å². The van der Waals surface area contributed by atoms with E-state index in [2.05, 4.69) is 4.98 Å². The van der Waals surface area contributed by atoms with E-state index in [1.165, 1.54) is 18.2 Å². The molecule has 0 aliphatic rings. The summed E-state index contributed by atoms with van der Waals surface area (Å²) in [6.07, 6.45) is 0. The number of hydrogen-bond acceptors (Lipinski definition) is 3. The summed E-state index contributed by atoms with van der Waals surface area (Å²) >= 11 is 1.04. The van der Waals surface area contributed by atoms with Crippen molar-refractivity contribution in [2.45, 2.75) is 19.8 Å². The number of halogens is 2. The second-order valence-electron chi connectivity index (χ2n) is 4.40. The average Bonchev–Trinajstić information content (AvgIpc) is 2.73. The monoisotopic (exact) mass is 281 g/mol. The molecule has 100 valence electrons. The van der Waals surface area contributed by atoms with Crippen molar-refractivity contribution in [3.05, 3.63) is 40.4 Å². The van der Waals surface area contributed by atoms with Gasteiger partial charge >= 0.3 is 0 Å². The number of nitrogen functional groups attached to an aromatic ring is 1. The minimum Gasteiger partial charge on any atom is -0.383 e. The van der Waals surface area contributed by atoms with Crippen LogP contribution in [-0.2, 0) is 0 Å². The summed E-state index contributed by atoms with van der Waals surface area (Å²) in [6, 6.07) is 3.67. The molecule has 0 aliphatic carbocycles. The Bertz CT molecular complexity index is 615. The van der Waals surface area contributed by atoms with Gasteiger partial charge in [-0.2, -0.15) is 0 Å². The molecule has 2 aromatic rings. The number of amidine groups is 1. The van der Waals surface area contributed by atoms with E-state index in [0.29, 0.717) is 10.6 Å². The number of benzene rings is 1. The lowest BCUT2D eigenvalue weighted by Gasteiger charge is -2.02. The number of rotatable bonds is 3. The first kappa shape index (κ1) is 13.6. The van der Waals surface area contributed by atoms with Crippen molar-refractivity contribution in [1.29, 1.82) is 5.41 Å². The summed E-state index contributed by atoms with van der Waals surface area (Å²) in [4.78, 5) is 4.71. The molecule has 19 heavy (non-hydrogen) atoms. The third-order valence-corrected chi connectivity index (χ3v) is 3.74. The fourth-order valence-corrected chi connectivity index (χ4v) is 2.86. The zero-order chi connectivity index (χ0) is 14.2. The Kier molecular flexibility index (Phi) is 3.61. The van der Waals surface area contributed by atoms with E-state index in [1.807, 2.05) is 13.8 Å². The predicted molar refractivity (Wildman–Crippen MR) is 72.6 cm³/mol. The number of aromatic nitrogens is 1. The van der Waals surface area contributed by atoms with Crippen molar-refractivity contribution in [2.24, 2.45) is 5.73 Å². The highest BCUT2D eigenvalue weighted by molar-refractivity contribution is 7.17. The zero-order valence-electron chi connectivity index (χ0n) is 10.5. The van der Waals surface area contributed by atoms with E-state index >= 15 is 0 Å². The average molecular weight is 281 g/mol. The van der Waals surface area contributed by atoms with Crippen molar-refractivity contribution in [2.75, 3.05) is 0 Å². The molecule has 6 heteroatoms. The number of nitrogens with two attached hydrogens (primary N) is 1. The Labute approximate surface area is 113 Å². The van der Waals surface area contributed by atoms with Crippen LogP contribution in [0.2, 0.25) is 0 Å². The summed E-state index contributed by atoms with van der Waals surface area (Å²) < 4.78 is 27.4. The maximum Gasteiger partial charge on any atom is 0.136 e. The van der Waals surface area contributed by atoms with Gasteiger partial charge in [-0.3, -0.25) is 5.41 Å². The third-order valence-electron chi connectivity index (χ3n) is 2.62. The first-order valence-corrected chi connectivity index (χ1v) is 6.53. The van der Waals surface area contributed by atoms with E-state index in [0.717, 1.165) is 11.3 Å². The molecule has 0 fully saturated rings. The Morgan fingerprint density at radius 3 is 2.32 bits per heavy atom. The van der Waals surface area contributed by atoms with Crippen LogP contribution in [-0.4, -0.2) is 10.8 Å². The van der Waals surface area contributed by atoms with Gasteiger partial charge < -0.3 is 5.73 Å². The number of hydrogen-bond donors (Lipinski definition) is 2. The maximum absolute atomic E-state index is 13.7. The van der Waals surface area contributed by atoms with Crippen LogP contribution in [0.15, 0.2) is 18.2 Å². The molecular weight excluding hydrogens is 268 g/mol. The van der Waals surface area contributed by atoms with Gasteiger partial charge in [0.15, 0.2) is 0 Å². The second kappa shape index (κ2) is 5.05. The molecular formula is C13H13F2N3S. The summed E-state index contributed by atoms with van der Waals surface area (Å²) in [7, 11) is 0. The van der Waals surface area contributed by atoms with Gasteiger partial charge in [0, 0.05) is 0 Å². The van der Waals surface area contributed by atoms with Crippen molar-refractivity contribution in [3.63, 3.8) is 0 Å². The lowest BCUT2D eigenvalue weighted by Crippen LogP contribution is -2.12. The number of thiazole rings is 1. The Balaban J connectivity index is 2.64. The van der Waals surface area contributed by atoms with Crippen LogP contribution in [0, 0.1) is 17.0 Å². The minimum atomic E-state index is -0.667. The normalized spacial score (nSPS) is 11.0. The Morgan fingerprint density at radius 1 is 1.32 bits per heavy atom. The predicted octanol–water partition coefficient (Wildman–Crippen LogP) is 3.50. The molecule has 0 radical (unpaired) electrons. The fourth-order valence-electron chi connectivity index (χ4n) is 1.73. The lowest BCUT2D eigenvalue weighted by molar-refractivity contribution is 0.589. The van der Waals surface area contributed by atoms with Crippen molar-refractivity contribution in [3.8, 4) is 10.6 Å². The molecule has 1 heterocycles. The zero-order valence-corrected chi connectivity index (χ0v) is 11.3. The van der Waals surface area contributed by atoms with E-state index in [9.17, 15) is 8.78 Å². The summed E-state index contributed by atoms with van der Waals surface area (Å²) in [5.41, 5.74) is 5.91. The first-order chi connectivity index (χ1) is 8.91. The van der Waals surface area contributed by atoms with Crippen LogP contribution >= 0.6 is 11.3 Å². The molecule has 0 atom stereocenters. The highest BCUT2D eigenvalue weighted by atomic mass is 32.1. The van der Waals surface area contributed by atoms with Crippen molar-refractivity contribution < 1.29 is 8.78 Å². The molecule has 3 N–H and O–H groups in total. The van der Waals surface area contributed by atoms with E-state index in [1.54, 1.807) is 0 Å².